The first-order valence-electron chi connectivity index (χ1n) is 3.52. The summed E-state index contributed by atoms with van der Waals surface area (Å²) in [4.78, 5) is 0. The molecule has 0 spiro atoms. The van der Waals surface area contributed by atoms with Gasteiger partial charge in [0.05, 0.1) is 12.0 Å². The van der Waals surface area contributed by atoms with Gasteiger partial charge in [-0.2, -0.15) is 0 Å². The van der Waals surface area contributed by atoms with E-state index in [1.165, 1.54) is 0 Å². The molecule has 1 unspecified atom stereocenters. The molecule has 60 valence electrons. The molecule has 11 heavy (non-hydrogen) atoms. The second-order valence-corrected chi connectivity index (χ2v) is 2.60. The summed E-state index contributed by atoms with van der Waals surface area (Å²) in [5.74, 6) is 0.501. The molecule has 1 atom stereocenters. The lowest BCUT2D eigenvalue weighted by atomic mass is 10.1. The van der Waals surface area contributed by atoms with Gasteiger partial charge >= 0.3 is 0 Å². The van der Waals surface area contributed by atoms with Crippen LogP contribution in [0.3, 0.4) is 0 Å². The van der Waals surface area contributed by atoms with Gasteiger partial charge in [0.25, 0.3) is 0 Å². The van der Waals surface area contributed by atoms with Gasteiger partial charge in [-0.3, -0.25) is 0 Å². The topological polar surface area (TPSA) is 9.23 Å². The van der Waals surface area contributed by atoms with Crippen LogP contribution in [0.2, 0.25) is 0 Å². The molecule has 0 aliphatic carbocycles. The molecule has 0 bridgehead atoms. The van der Waals surface area contributed by atoms with Crippen molar-refractivity contribution in [3.63, 3.8) is 0 Å². The zero-order chi connectivity index (χ0) is 8.10. The molecule has 2 heteroatoms. The first-order chi connectivity index (χ1) is 5.38. The summed E-state index contributed by atoms with van der Waals surface area (Å²) in [6.45, 7) is 0. The van der Waals surface area contributed by atoms with Crippen molar-refractivity contribution in [2.75, 3.05) is 13.0 Å². The number of ether oxygens (including phenoxy) is 1. The SMILES string of the molecule is COC(CCl)c1ccccc1. The van der Waals surface area contributed by atoms with Crippen molar-refractivity contribution in [3.05, 3.63) is 35.9 Å². The Hall–Kier alpha value is -0.530. The van der Waals surface area contributed by atoms with Gasteiger partial charge in [-0.25, -0.2) is 0 Å². The largest absolute Gasteiger partial charge is 0.376 e. The van der Waals surface area contributed by atoms with E-state index in [-0.39, 0.29) is 6.10 Å². The third-order valence-corrected chi connectivity index (χ3v) is 1.88. The van der Waals surface area contributed by atoms with E-state index in [9.17, 15) is 0 Å². The van der Waals surface area contributed by atoms with Crippen molar-refractivity contribution in [1.29, 1.82) is 0 Å². The normalized spacial score (nSPS) is 12.9. The molecule has 0 saturated carbocycles. The van der Waals surface area contributed by atoms with Crippen molar-refractivity contribution in [2.45, 2.75) is 6.10 Å². The van der Waals surface area contributed by atoms with Crippen molar-refractivity contribution in [2.24, 2.45) is 0 Å². The van der Waals surface area contributed by atoms with Crippen LogP contribution in [0.1, 0.15) is 11.7 Å². The highest BCUT2D eigenvalue weighted by molar-refractivity contribution is 6.18. The second kappa shape index (κ2) is 4.37. The monoisotopic (exact) mass is 170 g/mol. The highest BCUT2D eigenvalue weighted by atomic mass is 35.5. The minimum Gasteiger partial charge on any atom is -0.376 e. The number of alkyl halides is 1. The van der Waals surface area contributed by atoms with Gasteiger partial charge in [0.15, 0.2) is 0 Å². The summed E-state index contributed by atoms with van der Waals surface area (Å²) < 4.78 is 5.15. The van der Waals surface area contributed by atoms with Crippen LogP contribution in [0, 0.1) is 0 Å². The Balaban J connectivity index is 2.74. The van der Waals surface area contributed by atoms with Crippen molar-refractivity contribution < 1.29 is 4.74 Å². The predicted octanol–water partition coefficient (Wildman–Crippen LogP) is 2.61. The van der Waals surface area contributed by atoms with E-state index < -0.39 is 0 Å². The Bertz CT molecular complexity index is 194. The van der Waals surface area contributed by atoms with E-state index in [0.717, 1.165) is 5.56 Å². The molecule has 0 aliphatic rings. The first-order valence-corrected chi connectivity index (χ1v) is 4.05. The van der Waals surface area contributed by atoms with Gasteiger partial charge < -0.3 is 4.74 Å². The maximum Gasteiger partial charge on any atom is 0.0956 e. The van der Waals surface area contributed by atoms with E-state index in [1.54, 1.807) is 7.11 Å². The van der Waals surface area contributed by atoms with Crippen LogP contribution in [0.5, 0.6) is 0 Å². The highest BCUT2D eigenvalue weighted by Gasteiger charge is 2.06. The Morgan fingerprint density at radius 3 is 2.45 bits per heavy atom. The van der Waals surface area contributed by atoms with Crippen molar-refractivity contribution in [1.82, 2.24) is 0 Å². The Morgan fingerprint density at radius 1 is 1.36 bits per heavy atom. The minimum absolute atomic E-state index is 0.0258. The molecule has 0 amide bonds. The summed E-state index contributed by atoms with van der Waals surface area (Å²) in [7, 11) is 1.67. The van der Waals surface area contributed by atoms with Crippen molar-refractivity contribution >= 4 is 11.6 Å². The quantitative estimate of drug-likeness (QED) is 0.634. The molecular weight excluding hydrogens is 160 g/mol. The van der Waals surface area contributed by atoms with Crippen LogP contribution >= 0.6 is 11.6 Å². The number of hydrogen-bond acceptors (Lipinski definition) is 1. The van der Waals surface area contributed by atoms with E-state index >= 15 is 0 Å². The fourth-order valence-corrected chi connectivity index (χ4v) is 1.26. The smallest absolute Gasteiger partial charge is 0.0956 e. The first kappa shape index (κ1) is 8.57. The average Bonchev–Trinajstić information content (AvgIpc) is 2.09. The van der Waals surface area contributed by atoms with Crippen LogP contribution in [-0.4, -0.2) is 13.0 Å². The van der Waals surface area contributed by atoms with E-state index in [4.69, 9.17) is 16.3 Å². The lowest BCUT2D eigenvalue weighted by Gasteiger charge is -2.11. The molecule has 0 saturated heterocycles. The number of halogens is 1. The lowest BCUT2D eigenvalue weighted by Crippen LogP contribution is -2.01. The molecule has 0 N–H and O–H groups in total. The summed E-state index contributed by atoms with van der Waals surface area (Å²) in [5.41, 5.74) is 1.13. The second-order valence-electron chi connectivity index (χ2n) is 2.29. The van der Waals surface area contributed by atoms with E-state index in [0.29, 0.717) is 5.88 Å². The molecule has 0 aliphatic heterocycles. The Morgan fingerprint density at radius 2 is 2.00 bits per heavy atom. The number of benzene rings is 1. The van der Waals surface area contributed by atoms with Crippen LogP contribution in [0.4, 0.5) is 0 Å². The van der Waals surface area contributed by atoms with Gasteiger partial charge in [0.2, 0.25) is 0 Å². The average molecular weight is 171 g/mol. The molecule has 1 rings (SSSR count). The summed E-state index contributed by atoms with van der Waals surface area (Å²) in [5, 5.41) is 0. The minimum atomic E-state index is 0.0258. The van der Waals surface area contributed by atoms with Gasteiger partial charge in [0, 0.05) is 7.11 Å². The zero-order valence-corrected chi connectivity index (χ0v) is 7.21. The molecule has 0 heterocycles. The standard InChI is InChI=1S/C9H11ClO/c1-11-9(7-10)8-5-3-2-4-6-8/h2-6,9H,7H2,1H3. The maximum atomic E-state index is 5.68. The number of methoxy groups -OCH3 is 1. The molecule has 0 fully saturated rings. The molecule has 1 aromatic carbocycles. The molecule has 1 aromatic rings. The van der Waals surface area contributed by atoms with Gasteiger partial charge in [-0.15, -0.1) is 11.6 Å². The third kappa shape index (κ3) is 2.21. The molecule has 1 nitrogen and oxygen atoms in total. The van der Waals surface area contributed by atoms with Crippen LogP contribution < -0.4 is 0 Å². The predicted molar refractivity (Wildman–Crippen MR) is 46.9 cm³/mol. The van der Waals surface area contributed by atoms with Crippen LogP contribution in [0.15, 0.2) is 30.3 Å². The number of hydrogen-bond donors (Lipinski definition) is 0. The highest BCUT2D eigenvalue weighted by Crippen LogP contribution is 2.16. The van der Waals surface area contributed by atoms with E-state index in [2.05, 4.69) is 0 Å². The Labute approximate surface area is 71.9 Å². The fourth-order valence-electron chi connectivity index (χ4n) is 0.956. The van der Waals surface area contributed by atoms with Gasteiger partial charge in [-0.1, -0.05) is 30.3 Å². The third-order valence-electron chi connectivity index (χ3n) is 1.60. The molecular formula is C9H11ClO. The van der Waals surface area contributed by atoms with Crippen LogP contribution in [0.25, 0.3) is 0 Å². The fraction of sp³-hybridized carbons (Fsp3) is 0.333. The lowest BCUT2D eigenvalue weighted by molar-refractivity contribution is 0.122. The summed E-state index contributed by atoms with van der Waals surface area (Å²) >= 11 is 5.68. The van der Waals surface area contributed by atoms with Crippen molar-refractivity contribution in [3.8, 4) is 0 Å². The number of rotatable bonds is 3. The van der Waals surface area contributed by atoms with Crippen LogP contribution in [-0.2, 0) is 4.74 Å². The molecule has 0 aromatic heterocycles. The van der Waals surface area contributed by atoms with E-state index in [1.807, 2.05) is 30.3 Å². The zero-order valence-electron chi connectivity index (χ0n) is 6.46. The Kier molecular flexibility index (Phi) is 3.40. The maximum absolute atomic E-state index is 5.68. The van der Waals surface area contributed by atoms with Gasteiger partial charge in [-0.05, 0) is 5.56 Å². The summed E-state index contributed by atoms with van der Waals surface area (Å²) in [6.07, 6.45) is 0.0258. The molecule has 0 radical (unpaired) electrons. The summed E-state index contributed by atoms with van der Waals surface area (Å²) in [6, 6.07) is 9.96. The van der Waals surface area contributed by atoms with Gasteiger partial charge in [0.1, 0.15) is 0 Å².